The Morgan fingerprint density at radius 2 is 2.31 bits per heavy atom. The summed E-state index contributed by atoms with van der Waals surface area (Å²) >= 11 is 1.68. The van der Waals surface area contributed by atoms with Gasteiger partial charge >= 0.3 is 0 Å². The first kappa shape index (κ1) is 8.62. The standard InChI is InChI=1S/C9H10N2OS/c1-12-10-6-9-11-7-4-2-3-5-8(7)13-9/h2-5,10H,6H2,1H3. The van der Waals surface area contributed by atoms with E-state index < -0.39 is 0 Å². The molecule has 0 saturated carbocycles. The molecule has 0 fully saturated rings. The molecule has 2 rings (SSSR count). The summed E-state index contributed by atoms with van der Waals surface area (Å²) in [6, 6.07) is 8.11. The zero-order chi connectivity index (χ0) is 9.10. The molecule has 0 saturated heterocycles. The summed E-state index contributed by atoms with van der Waals surface area (Å²) < 4.78 is 1.22. The van der Waals surface area contributed by atoms with E-state index in [1.165, 1.54) is 4.70 Å². The summed E-state index contributed by atoms with van der Waals surface area (Å²) in [7, 11) is 1.60. The average Bonchev–Trinajstić information content (AvgIpc) is 2.57. The van der Waals surface area contributed by atoms with Crippen LogP contribution in [-0.4, -0.2) is 12.1 Å². The van der Waals surface area contributed by atoms with Crippen molar-refractivity contribution in [3.63, 3.8) is 0 Å². The average molecular weight is 194 g/mol. The number of rotatable bonds is 3. The van der Waals surface area contributed by atoms with Crippen LogP contribution in [0.3, 0.4) is 0 Å². The lowest BCUT2D eigenvalue weighted by atomic mass is 10.3. The van der Waals surface area contributed by atoms with Gasteiger partial charge in [0.25, 0.3) is 0 Å². The van der Waals surface area contributed by atoms with Gasteiger partial charge < -0.3 is 4.84 Å². The second-order valence-electron chi connectivity index (χ2n) is 2.60. The Labute approximate surface area is 80.3 Å². The Bertz CT molecular complexity index is 366. The maximum atomic E-state index is 4.76. The summed E-state index contributed by atoms with van der Waals surface area (Å²) in [6.07, 6.45) is 0. The number of fused-ring (bicyclic) bond motifs is 1. The highest BCUT2D eigenvalue weighted by molar-refractivity contribution is 7.18. The third-order valence-electron chi connectivity index (χ3n) is 1.71. The fourth-order valence-electron chi connectivity index (χ4n) is 1.13. The molecule has 0 spiro atoms. The van der Waals surface area contributed by atoms with Crippen molar-refractivity contribution in [2.24, 2.45) is 0 Å². The van der Waals surface area contributed by atoms with E-state index in [0.29, 0.717) is 6.54 Å². The third kappa shape index (κ3) is 1.85. The first-order valence-electron chi connectivity index (χ1n) is 4.00. The van der Waals surface area contributed by atoms with Gasteiger partial charge in [-0.1, -0.05) is 12.1 Å². The fourth-order valence-corrected chi connectivity index (χ4v) is 2.02. The lowest BCUT2D eigenvalue weighted by molar-refractivity contribution is 0.0867. The number of hydrogen-bond acceptors (Lipinski definition) is 4. The molecule has 0 radical (unpaired) electrons. The minimum atomic E-state index is 0.663. The van der Waals surface area contributed by atoms with Crippen LogP contribution < -0.4 is 5.48 Å². The Kier molecular flexibility index (Phi) is 2.54. The SMILES string of the molecule is CONCc1nc2ccccc2s1. The van der Waals surface area contributed by atoms with Crippen LogP contribution in [0.15, 0.2) is 24.3 Å². The molecule has 0 unspecified atom stereocenters. The monoisotopic (exact) mass is 194 g/mol. The second-order valence-corrected chi connectivity index (χ2v) is 3.72. The van der Waals surface area contributed by atoms with Gasteiger partial charge in [0.05, 0.1) is 23.9 Å². The van der Waals surface area contributed by atoms with Crippen LogP contribution in [0, 0.1) is 0 Å². The highest BCUT2D eigenvalue weighted by Gasteiger charge is 2.01. The first-order valence-corrected chi connectivity index (χ1v) is 4.82. The molecular weight excluding hydrogens is 184 g/mol. The van der Waals surface area contributed by atoms with E-state index in [1.54, 1.807) is 18.4 Å². The number of benzene rings is 1. The number of nitrogens with zero attached hydrogens (tertiary/aromatic N) is 1. The van der Waals surface area contributed by atoms with Crippen molar-refractivity contribution in [3.05, 3.63) is 29.3 Å². The maximum absolute atomic E-state index is 4.76. The number of hydrogen-bond donors (Lipinski definition) is 1. The molecular formula is C9H10N2OS. The molecule has 0 aliphatic heterocycles. The van der Waals surface area contributed by atoms with E-state index in [9.17, 15) is 0 Å². The molecule has 0 aliphatic carbocycles. The number of aromatic nitrogens is 1. The van der Waals surface area contributed by atoms with Crippen LogP contribution in [0.2, 0.25) is 0 Å². The Hall–Kier alpha value is -0.970. The lowest BCUT2D eigenvalue weighted by Crippen LogP contribution is -2.10. The largest absolute Gasteiger partial charge is 0.305 e. The predicted octanol–water partition coefficient (Wildman–Crippen LogP) is 1.95. The molecule has 0 aliphatic rings. The summed E-state index contributed by atoms with van der Waals surface area (Å²) in [6.45, 7) is 0.663. The van der Waals surface area contributed by atoms with Gasteiger partial charge in [-0.3, -0.25) is 0 Å². The summed E-state index contributed by atoms with van der Waals surface area (Å²) in [5, 5.41) is 1.04. The van der Waals surface area contributed by atoms with Gasteiger partial charge in [-0.25, -0.2) is 4.98 Å². The van der Waals surface area contributed by atoms with Gasteiger partial charge in [0.1, 0.15) is 5.01 Å². The van der Waals surface area contributed by atoms with Crippen molar-refractivity contribution < 1.29 is 4.84 Å². The molecule has 1 aromatic carbocycles. The minimum absolute atomic E-state index is 0.663. The van der Waals surface area contributed by atoms with Crippen molar-refractivity contribution in [3.8, 4) is 0 Å². The molecule has 0 bridgehead atoms. The fraction of sp³-hybridized carbons (Fsp3) is 0.222. The molecule has 1 heterocycles. The van der Waals surface area contributed by atoms with Gasteiger partial charge in [0.15, 0.2) is 0 Å². The zero-order valence-electron chi connectivity index (χ0n) is 7.28. The van der Waals surface area contributed by atoms with E-state index in [0.717, 1.165) is 10.5 Å². The third-order valence-corrected chi connectivity index (χ3v) is 2.74. The second kappa shape index (κ2) is 3.83. The van der Waals surface area contributed by atoms with Crippen LogP contribution in [0.25, 0.3) is 10.2 Å². The van der Waals surface area contributed by atoms with Crippen LogP contribution >= 0.6 is 11.3 Å². The molecule has 4 heteroatoms. The van der Waals surface area contributed by atoms with E-state index >= 15 is 0 Å². The summed E-state index contributed by atoms with van der Waals surface area (Å²) in [5.41, 5.74) is 3.83. The van der Waals surface area contributed by atoms with Gasteiger partial charge in [-0.2, -0.15) is 5.48 Å². The van der Waals surface area contributed by atoms with Gasteiger partial charge in [0.2, 0.25) is 0 Å². The Morgan fingerprint density at radius 1 is 1.46 bits per heavy atom. The quantitative estimate of drug-likeness (QED) is 0.758. The smallest absolute Gasteiger partial charge is 0.110 e. The molecule has 1 N–H and O–H groups in total. The predicted molar refractivity (Wildman–Crippen MR) is 53.5 cm³/mol. The number of hydroxylamine groups is 1. The molecule has 3 nitrogen and oxygen atoms in total. The number of thiazole rings is 1. The van der Waals surface area contributed by atoms with Crippen molar-refractivity contribution in [2.75, 3.05) is 7.11 Å². The van der Waals surface area contributed by atoms with Crippen molar-refractivity contribution in [2.45, 2.75) is 6.54 Å². The normalized spacial score (nSPS) is 10.8. The van der Waals surface area contributed by atoms with Crippen LogP contribution in [0.1, 0.15) is 5.01 Å². The molecule has 0 amide bonds. The van der Waals surface area contributed by atoms with E-state index in [2.05, 4.69) is 16.5 Å². The summed E-state index contributed by atoms with van der Waals surface area (Å²) in [5.74, 6) is 0. The topological polar surface area (TPSA) is 34.1 Å². The molecule has 2 aromatic rings. The lowest BCUT2D eigenvalue weighted by Gasteiger charge is -1.94. The van der Waals surface area contributed by atoms with Gasteiger partial charge in [-0.15, -0.1) is 11.3 Å². The molecule has 13 heavy (non-hydrogen) atoms. The maximum Gasteiger partial charge on any atom is 0.110 e. The highest BCUT2D eigenvalue weighted by atomic mass is 32.1. The Morgan fingerprint density at radius 3 is 3.08 bits per heavy atom. The number of para-hydroxylation sites is 1. The molecule has 0 atom stereocenters. The first-order chi connectivity index (χ1) is 6.40. The molecule has 68 valence electrons. The Balaban J connectivity index is 2.28. The minimum Gasteiger partial charge on any atom is -0.305 e. The van der Waals surface area contributed by atoms with Crippen molar-refractivity contribution in [1.82, 2.24) is 10.5 Å². The van der Waals surface area contributed by atoms with E-state index in [4.69, 9.17) is 4.84 Å². The number of nitrogens with one attached hydrogen (secondary N) is 1. The van der Waals surface area contributed by atoms with Gasteiger partial charge in [0, 0.05) is 0 Å². The van der Waals surface area contributed by atoms with Gasteiger partial charge in [-0.05, 0) is 12.1 Å². The van der Waals surface area contributed by atoms with E-state index in [-0.39, 0.29) is 0 Å². The van der Waals surface area contributed by atoms with Crippen molar-refractivity contribution >= 4 is 21.6 Å². The van der Waals surface area contributed by atoms with Crippen LogP contribution in [0.5, 0.6) is 0 Å². The van der Waals surface area contributed by atoms with Crippen molar-refractivity contribution in [1.29, 1.82) is 0 Å². The van der Waals surface area contributed by atoms with Crippen LogP contribution in [0.4, 0.5) is 0 Å². The highest BCUT2D eigenvalue weighted by Crippen LogP contribution is 2.20. The van der Waals surface area contributed by atoms with E-state index in [1.807, 2.05) is 18.2 Å². The zero-order valence-corrected chi connectivity index (χ0v) is 8.10. The van der Waals surface area contributed by atoms with Crippen LogP contribution in [-0.2, 0) is 11.4 Å². The molecule has 1 aromatic heterocycles. The summed E-state index contributed by atoms with van der Waals surface area (Å²) in [4.78, 5) is 9.18.